The first kappa shape index (κ1) is 13.3. The van der Waals surface area contributed by atoms with Gasteiger partial charge in [0.1, 0.15) is 36.9 Å². The highest BCUT2D eigenvalue weighted by Crippen LogP contribution is 2.20. The van der Waals surface area contributed by atoms with Crippen LogP contribution in [0.5, 0.6) is 0 Å². The second-order valence-corrected chi connectivity index (χ2v) is 4.19. The van der Waals surface area contributed by atoms with Gasteiger partial charge in [-0.2, -0.15) is 0 Å². The van der Waals surface area contributed by atoms with Gasteiger partial charge >= 0.3 is 12.3 Å². The zero-order valence-corrected chi connectivity index (χ0v) is 10.3. The van der Waals surface area contributed by atoms with Crippen LogP contribution in [-0.4, -0.2) is 37.7 Å². The summed E-state index contributed by atoms with van der Waals surface area (Å²) in [7, 11) is 0. The van der Waals surface area contributed by atoms with Crippen LogP contribution in [0.2, 0.25) is 0 Å². The van der Waals surface area contributed by atoms with Crippen molar-refractivity contribution in [1.29, 1.82) is 0 Å². The summed E-state index contributed by atoms with van der Waals surface area (Å²) in [6, 6.07) is 0. The van der Waals surface area contributed by atoms with E-state index in [-0.39, 0.29) is 25.4 Å². The van der Waals surface area contributed by atoms with Gasteiger partial charge in [0.05, 0.1) is 0 Å². The van der Waals surface area contributed by atoms with Crippen LogP contribution in [0.4, 0.5) is 9.59 Å². The molecular formula is C12H14O7. The molecule has 19 heavy (non-hydrogen) atoms. The zero-order chi connectivity index (χ0) is 13.8. The Labute approximate surface area is 109 Å². The first-order chi connectivity index (χ1) is 9.02. The van der Waals surface area contributed by atoms with Crippen molar-refractivity contribution in [3.8, 4) is 0 Å². The fourth-order valence-corrected chi connectivity index (χ4v) is 1.73. The number of rotatable bonds is 6. The van der Waals surface area contributed by atoms with E-state index in [1.165, 1.54) is 0 Å². The predicted octanol–water partition coefficient (Wildman–Crippen LogP) is 1.88. The lowest BCUT2D eigenvalue weighted by Gasteiger charge is -2.14. The third-order valence-electron chi connectivity index (χ3n) is 2.50. The van der Waals surface area contributed by atoms with Gasteiger partial charge in [0.2, 0.25) is 0 Å². The minimum absolute atomic E-state index is 0.182. The Balaban J connectivity index is 1.68. The van der Waals surface area contributed by atoms with Gasteiger partial charge in [-0.15, -0.1) is 0 Å². The van der Waals surface area contributed by atoms with E-state index in [4.69, 9.17) is 14.2 Å². The summed E-state index contributed by atoms with van der Waals surface area (Å²) in [6.45, 7) is 7.77. The highest BCUT2D eigenvalue weighted by atomic mass is 16.8. The van der Waals surface area contributed by atoms with Crippen molar-refractivity contribution in [3.05, 3.63) is 24.7 Å². The summed E-state index contributed by atoms with van der Waals surface area (Å²) in [5.41, 5.74) is 0. The highest BCUT2D eigenvalue weighted by molar-refractivity contribution is 5.62. The van der Waals surface area contributed by atoms with Gasteiger partial charge in [0.15, 0.2) is 0 Å². The van der Waals surface area contributed by atoms with E-state index in [0.717, 1.165) is 0 Å². The molecule has 0 saturated carbocycles. The standard InChI is InChI=1S/C12H14O7/c1-7(3-9-5-15-11(13)18-9)17-8(2)4-10-6-16-12(14)19-10/h9-10H,1-6H2. The Morgan fingerprint density at radius 3 is 1.74 bits per heavy atom. The number of cyclic esters (lactones) is 4. The van der Waals surface area contributed by atoms with Gasteiger partial charge in [-0.05, 0) is 0 Å². The van der Waals surface area contributed by atoms with Gasteiger partial charge in [-0.25, -0.2) is 9.59 Å². The molecule has 7 heteroatoms. The Bertz CT molecular complexity index is 376. The van der Waals surface area contributed by atoms with E-state index < -0.39 is 12.3 Å². The molecule has 104 valence electrons. The SMILES string of the molecule is C=C(CC1COC(=O)O1)OC(=C)CC1COC(=O)O1. The van der Waals surface area contributed by atoms with Crippen LogP contribution in [0.3, 0.4) is 0 Å². The van der Waals surface area contributed by atoms with Crippen molar-refractivity contribution in [1.82, 2.24) is 0 Å². The van der Waals surface area contributed by atoms with Crippen molar-refractivity contribution < 1.29 is 33.3 Å². The number of hydrogen-bond acceptors (Lipinski definition) is 7. The van der Waals surface area contributed by atoms with E-state index in [0.29, 0.717) is 24.4 Å². The molecule has 2 aliphatic heterocycles. The van der Waals surface area contributed by atoms with E-state index >= 15 is 0 Å². The molecule has 0 amide bonds. The minimum Gasteiger partial charge on any atom is -0.467 e. The maximum atomic E-state index is 10.7. The maximum Gasteiger partial charge on any atom is 0.508 e. The molecule has 0 aromatic rings. The molecule has 2 aliphatic rings. The van der Waals surface area contributed by atoms with E-state index in [1.54, 1.807) is 0 Å². The summed E-state index contributed by atoms with van der Waals surface area (Å²) >= 11 is 0. The Morgan fingerprint density at radius 2 is 1.42 bits per heavy atom. The van der Waals surface area contributed by atoms with Crippen LogP contribution in [-0.2, 0) is 23.7 Å². The van der Waals surface area contributed by atoms with Crippen LogP contribution in [0.15, 0.2) is 24.7 Å². The van der Waals surface area contributed by atoms with Crippen LogP contribution >= 0.6 is 0 Å². The Morgan fingerprint density at radius 1 is 1.00 bits per heavy atom. The fraction of sp³-hybridized carbons (Fsp3) is 0.500. The summed E-state index contributed by atoms with van der Waals surface area (Å²) in [4.78, 5) is 21.4. The van der Waals surface area contributed by atoms with Crippen LogP contribution in [0.1, 0.15) is 12.8 Å². The van der Waals surface area contributed by atoms with Gasteiger partial charge < -0.3 is 23.7 Å². The molecule has 0 aliphatic carbocycles. The monoisotopic (exact) mass is 270 g/mol. The zero-order valence-electron chi connectivity index (χ0n) is 10.3. The third kappa shape index (κ3) is 3.90. The number of carbonyl (C=O) groups excluding carboxylic acids is 2. The topological polar surface area (TPSA) is 80.3 Å². The molecular weight excluding hydrogens is 256 g/mol. The summed E-state index contributed by atoms with van der Waals surface area (Å²) in [5, 5.41) is 0. The maximum absolute atomic E-state index is 10.7. The smallest absolute Gasteiger partial charge is 0.467 e. The third-order valence-corrected chi connectivity index (χ3v) is 2.50. The molecule has 7 nitrogen and oxygen atoms in total. The summed E-state index contributed by atoms with van der Waals surface area (Å²) < 4.78 is 24.3. The quantitative estimate of drug-likeness (QED) is 0.538. The largest absolute Gasteiger partial charge is 0.508 e. The summed E-state index contributed by atoms with van der Waals surface area (Å²) in [5.74, 6) is 0.803. The van der Waals surface area contributed by atoms with Crippen molar-refractivity contribution in [2.24, 2.45) is 0 Å². The molecule has 0 aromatic carbocycles. The molecule has 0 aromatic heterocycles. The lowest BCUT2D eigenvalue weighted by Crippen LogP contribution is -2.14. The molecule has 0 bridgehead atoms. The van der Waals surface area contributed by atoms with Gasteiger partial charge in [-0.3, -0.25) is 0 Å². The van der Waals surface area contributed by atoms with E-state index in [1.807, 2.05) is 0 Å². The van der Waals surface area contributed by atoms with Crippen LogP contribution < -0.4 is 0 Å². The molecule has 0 radical (unpaired) electrons. The van der Waals surface area contributed by atoms with E-state index in [2.05, 4.69) is 22.6 Å². The van der Waals surface area contributed by atoms with Crippen molar-refractivity contribution in [2.45, 2.75) is 25.0 Å². The normalized spacial score (nSPS) is 25.1. The number of carbonyl (C=O) groups is 2. The first-order valence-corrected chi connectivity index (χ1v) is 5.73. The van der Waals surface area contributed by atoms with Gasteiger partial charge in [0.25, 0.3) is 0 Å². The fourth-order valence-electron chi connectivity index (χ4n) is 1.73. The Hall–Kier alpha value is -2.18. The number of hydrogen-bond donors (Lipinski definition) is 0. The van der Waals surface area contributed by atoms with E-state index in [9.17, 15) is 9.59 Å². The molecule has 0 spiro atoms. The molecule has 2 unspecified atom stereocenters. The van der Waals surface area contributed by atoms with Crippen molar-refractivity contribution in [2.75, 3.05) is 13.2 Å². The Kier molecular flexibility index (Phi) is 3.94. The predicted molar refractivity (Wildman–Crippen MR) is 61.0 cm³/mol. The molecule has 2 fully saturated rings. The number of ether oxygens (including phenoxy) is 5. The molecule has 2 atom stereocenters. The molecule has 2 heterocycles. The average molecular weight is 270 g/mol. The van der Waals surface area contributed by atoms with Gasteiger partial charge in [0, 0.05) is 12.8 Å². The lowest BCUT2D eigenvalue weighted by atomic mass is 10.2. The van der Waals surface area contributed by atoms with Crippen molar-refractivity contribution >= 4 is 12.3 Å². The average Bonchev–Trinajstić information content (AvgIpc) is 2.87. The second kappa shape index (κ2) is 5.64. The van der Waals surface area contributed by atoms with Gasteiger partial charge in [-0.1, -0.05) is 13.2 Å². The lowest BCUT2D eigenvalue weighted by molar-refractivity contribution is 0.110. The molecule has 2 rings (SSSR count). The second-order valence-electron chi connectivity index (χ2n) is 4.19. The minimum atomic E-state index is -0.688. The van der Waals surface area contributed by atoms with Crippen molar-refractivity contribution in [3.63, 3.8) is 0 Å². The first-order valence-electron chi connectivity index (χ1n) is 5.73. The van der Waals surface area contributed by atoms with Crippen LogP contribution in [0, 0.1) is 0 Å². The molecule has 2 saturated heterocycles. The molecule has 0 N–H and O–H groups in total. The van der Waals surface area contributed by atoms with Crippen LogP contribution in [0.25, 0.3) is 0 Å². The highest BCUT2D eigenvalue weighted by Gasteiger charge is 2.28. The summed E-state index contributed by atoms with van der Waals surface area (Å²) in [6.07, 6.45) is -1.50.